The van der Waals surface area contributed by atoms with Crippen molar-refractivity contribution in [2.45, 2.75) is 0 Å². The van der Waals surface area contributed by atoms with E-state index in [1.807, 2.05) is 6.07 Å². The number of nitrogens with zero attached hydrogens (tertiary/aromatic N) is 3. The molecule has 17 heavy (non-hydrogen) atoms. The number of hydrogen-bond acceptors (Lipinski definition) is 4. The fourth-order valence-corrected chi connectivity index (χ4v) is 1.57. The highest BCUT2D eigenvalue weighted by molar-refractivity contribution is 5.71. The van der Waals surface area contributed by atoms with E-state index in [9.17, 15) is 4.79 Å². The SMILES string of the molecule is Cn1c(N)cc(-c2cccnc2)c(C#N)c1=O. The van der Waals surface area contributed by atoms with E-state index in [0.29, 0.717) is 16.9 Å². The number of nitriles is 1. The minimum atomic E-state index is -0.397. The maximum atomic E-state index is 11.9. The third-order valence-corrected chi connectivity index (χ3v) is 2.55. The zero-order chi connectivity index (χ0) is 12.4. The lowest BCUT2D eigenvalue weighted by Gasteiger charge is -2.08. The van der Waals surface area contributed by atoms with Crippen LogP contribution < -0.4 is 11.3 Å². The lowest BCUT2D eigenvalue weighted by molar-refractivity contribution is 0.871. The Labute approximate surface area is 97.8 Å². The van der Waals surface area contributed by atoms with Crippen LogP contribution in [0.15, 0.2) is 35.4 Å². The van der Waals surface area contributed by atoms with E-state index >= 15 is 0 Å². The minimum Gasteiger partial charge on any atom is -0.385 e. The summed E-state index contributed by atoms with van der Waals surface area (Å²) in [6, 6.07) is 7.04. The van der Waals surface area contributed by atoms with Gasteiger partial charge in [0, 0.05) is 30.6 Å². The summed E-state index contributed by atoms with van der Waals surface area (Å²) in [5, 5.41) is 9.05. The third kappa shape index (κ3) is 1.76. The number of hydrogen-bond donors (Lipinski definition) is 1. The molecular formula is C12H10N4O. The fraction of sp³-hybridized carbons (Fsp3) is 0.0833. The van der Waals surface area contributed by atoms with Crippen molar-refractivity contribution in [2.75, 3.05) is 5.73 Å². The molecule has 84 valence electrons. The molecule has 0 saturated carbocycles. The molecule has 0 aliphatic carbocycles. The standard InChI is InChI=1S/C12H10N4O/c1-16-11(14)5-9(10(6-13)12(16)17)8-3-2-4-15-7-8/h2-5,7H,14H2,1H3. The first kappa shape index (κ1) is 10.9. The number of pyridine rings is 2. The van der Waals surface area contributed by atoms with Crippen molar-refractivity contribution in [1.29, 1.82) is 5.26 Å². The number of nitrogen functional groups attached to an aromatic ring is 1. The molecule has 2 heterocycles. The largest absolute Gasteiger partial charge is 0.385 e. The molecule has 0 aromatic carbocycles. The van der Waals surface area contributed by atoms with Crippen LogP contribution in [0.3, 0.4) is 0 Å². The summed E-state index contributed by atoms with van der Waals surface area (Å²) in [5.41, 5.74) is 6.61. The van der Waals surface area contributed by atoms with E-state index in [4.69, 9.17) is 11.0 Å². The van der Waals surface area contributed by atoms with Gasteiger partial charge in [0.05, 0.1) is 0 Å². The first-order chi connectivity index (χ1) is 8.15. The van der Waals surface area contributed by atoms with Crippen molar-refractivity contribution in [2.24, 2.45) is 7.05 Å². The summed E-state index contributed by atoms with van der Waals surface area (Å²) in [7, 11) is 1.53. The maximum absolute atomic E-state index is 11.9. The Balaban J connectivity index is 2.81. The summed E-state index contributed by atoms with van der Waals surface area (Å²) in [5.74, 6) is 0.313. The Hall–Kier alpha value is -2.61. The molecule has 0 saturated heterocycles. The molecule has 2 aromatic heterocycles. The maximum Gasteiger partial charge on any atom is 0.270 e. The predicted molar refractivity (Wildman–Crippen MR) is 64.0 cm³/mol. The highest BCUT2D eigenvalue weighted by Crippen LogP contribution is 2.21. The smallest absolute Gasteiger partial charge is 0.270 e. The van der Waals surface area contributed by atoms with E-state index in [-0.39, 0.29) is 5.56 Å². The first-order valence-electron chi connectivity index (χ1n) is 4.95. The normalized spacial score (nSPS) is 9.88. The zero-order valence-corrected chi connectivity index (χ0v) is 9.21. The predicted octanol–water partition coefficient (Wildman–Crippen LogP) is 0.901. The molecule has 2 N–H and O–H groups in total. The summed E-state index contributed by atoms with van der Waals surface area (Å²) in [6.45, 7) is 0. The molecule has 0 radical (unpaired) electrons. The van der Waals surface area contributed by atoms with Gasteiger partial charge in [0.2, 0.25) is 0 Å². The van der Waals surface area contributed by atoms with Gasteiger partial charge in [-0.1, -0.05) is 6.07 Å². The average Bonchev–Trinajstić information content (AvgIpc) is 2.36. The van der Waals surface area contributed by atoms with Gasteiger partial charge in [-0.2, -0.15) is 5.26 Å². The van der Waals surface area contributed by atoms with E-state index in [0.717, 1.165) is 0 Å². The molecule has 0 atom stereocenters. The summed E-state index contributed by atoms with van der Waals surface area (Å²) >= 11 is 0. The van der Waals surface area contributed by atoms with Crippen molar-refractivity contribution >= 4 is 5.82 Å². The van der Waals surface area contributed by atoms with E-state index < -0.39 is 5.56 Å². The molecule has 5 heteroatoms. The second-order valence-electron chi connectivity index (χ2n) is 3.58. The Bertz CT molecular complexity index is 653. The lowest BCUT2D eigenvalue weighted by atomic mass is 10.0. The Morgan fingerprint density at radius 1 is 1.53 bits per heavy atom. The molecule has 0 aliphatic heterocycles. The summed E-state index contributed by atoms with van der Waals surface area (Å²) in [4.78, 5) is 15.8. The van der Waals surface area contributed by atoms with Crippen molar-refractivity contribution in [1.82, 2.24) is 9.55 Å². The van der Waals surface area contributed by atoms with E-state index in [1.54, 1.807) is 30.6 Å². The quantitative estimate of drug-likeness (QED) is 0.782. The van der Waals surface area contributed by atoms with Crippen molar-refractivity contribution in [3.8, 4) is 17.2 Å². The van der Waals surface area contributed by atoms with E-state index in [1.165, 1.54) is 11.6 Å². The number of nitrogens with two attached hydrogens (primary N) is 1. The molecule has 0 aliphatic rings. The molecular weight excluding hydrogens is 216 g/mol. The van der Waals surface area contributed by atoms with Gasteiger partial charge in [-0.3, -0.25) is 14.3 Å². The third-order valence-electron chi connectivity index (χ3n) is 2.55. The molecule has 0 spiro atoms. The fourth-order valence-electron chi connectivity index (χ4n) is 1.57. The lowest BCUT2D eigenvalue weighted by Crippen LogP contribution is -2.23. The van der Waals surface area contributed by atoms with Gasteiger partial charge in [0.1, 0.15) is 17.5 Å². The van der Waals surface area contributed by atoms with Gasteiger partial charge in [-0.25, -0.2) is 0 Å². The molecule has 0 fully saturated rings. The van der Waals surface area contributed by atoms with Gasteiger partial charge >= 0.3 is 0 Å². The van der Waals surface area contributed by atoms with Crippen LogP contribution in [0.4, 0.5) is 5.82 Å². The highest BCUT2D eigenvalue weighted by Gasteiger charge is 2.12. The van der Waals surface area contributed by atoms with Crippen molar-refractivity contribution in [3.63, 3.8) is 0 Å². The molecule has 0 amide bonds. The van der Waals surface area contributed by atoms with Gasteiger partial charge < -0.3 is 5.73 Å². The summed E-state index contributed by atoms with van der Waals surface area (Å²) < 4.78 is 1.25. The topological polar surface area (TPSA) is 84.7 Å². The number of aromatic nitrogens is 2. The van der Waals surface area contributed by atoms with Crippen LogP contribution >= 0.6 is 0 Å². The van der Waals surface area contributed by atoms with Crippen LogP contribution in [0.1, 0.15) is 5.56 Å². The van der Waals surface area contributed by atoms with Crippen LogP contribution in [0.5, 0.6) is 0 Å². The Morgan fingerprint density at radius 2 is 2.29 bits per heavy atom. The van der Waals surface area contributed by atoms with Gasteiger partial charge in [0.15, 0.2) is 0 Å². The summed E-state index contributed by atoms with van der Waals surface area (Å²) in [6.07, 6.45) is 3.22. The van der Waals surface area contributed by atoms with Crippen molar-refractivity contribution in [3.05, 3.63) is 46.5 Å². The molecule has 2 aromatic rings. The molecule has 5 nitrogen and oxygen atoms in total. The zero-order valence-electron chi connectivity index (χ0n) is 9.21. The second-order valence-corrected chi connectivity index (χ2v) is 3.58. The second kappa shape index (κ2) is 4.10. The average molecular weight is 226 g/mol. The van der Waals surface area contributed by atoms with Crippen molar-refractivity contribution < 1.29 is 0 Å². The number of anilines is 1. The minimum absolute atomic E-state index is 0.0784. The molecule has 0 bridgehead atoms. The molecule has 2 rings (SSSR count). The van der Waals surface area contributed by atoms with Crippen LogP contribution in [0.2, 0.25) is 0 Å². The Kier molecular flexibility index (Phi) is 2.63. The van der Waals surface area contributed by atoms with E-state index in [2.05, 4.69) is 4.98 Å². The Morgan fingerprint density at radius 3 is 2.88 bits per heavy atom. The first-order valence-corrected chi connectivity index (χ1v) is 4.95. The van der Waals surface area contributed by atoms with Gasteiger partial charge in [0.25, 0.3) is 5.56 Å². The van der Waals surface area contributed by atoms with Crippen LogP contribution in [-0.4, -0.2) is 9.55 Å². The molecule has 0 unspecified atom stereocenters. The highest BCUT2D eigenvalue weighted by atomic mass is 16.1. The van der Waals surface area contributed by atoms with Crippen LogP contribution in [0.25, 0.3) is 11.1 Å². The number of rotatable bonds is 1. The van der Waals surface area contributed by atoms with Gasteiger partial charge in [-0.15, -0.1) is 0 Å². The van der Waals surface area contributed by atoms with Crippen LogP contribution in [-0.2, 0) is 7.05 Å². The van der Waals surface area contributed by atoms with Gasteiger partial charge in [-0.05, 0) is 12.1 Å². The van der Waals surface area contributed by atoms with Crippen LogP contribution in [0, 0.1) is 11.3 Å². The monoisotopic (exact) mass is 226 g/mol.